The average molecular weight is 582 g/mol. The lowest BCUT2D eigenvalue weighted by atomic mass is 9.79. The highest BCUT2D eigenvalue weighted by molar-refractivity contribution is 7.90. The number of hydrogen-bond acceptors (Lipinski definition) is 8. The van der Waals surface area contributed by atoms with E-state index in [-0.39, 0.29) is 35.2 Å². The quantitative estimate of drug-likeness (QED) is 0.392. The molecule has 9 nitrogen and oxygen atoms in total. The average Bonchev–Trinajstić information content (AvgIpc) is 2.86. The number of likely N-dealkylation sites (N-methyl/N-ethyl adjacent to an activating group) is 1. The van der Waals surface area contributed by atoms with Crippen molar-refractivity contribution in [2.45, 2.75) is 54.9 Å². The molecule has 0 saturated heterocycles. The van der Waals surface area contributed by atoms with Gasteiger partial charge in [0.15, 0.2) is 9.84 Å². The Hall–Kier alpha value is -2.79. The summed E-state index contributed by atoms with van der Waals surface area (Å²) in [5.41, 5.74) is 1.90. The molecule has 1 aromatic carbocycles. The largest absolute Gasteiger partial charge is 0.483 e. The summed E-state index contributed by atoms with van der Waals surface area (Å²) in [5.74, 6) is 0.480. The second-order valence-electron chi connectivity index (χ2n) is 9.16. The molecule has 3 aromatic rings. The molecule has 1 aliphatic rings. The monoisotopic (exact) mass is 580 g/mol. The van der Waals surface area contributed by atoms with Crippen molar-refractivity contribution >= 4 is 39.5 Å². The van der Waals surface area contributed by atoms with Gasteiger partial charge in [0.2, 0.25) is 5.88 Å². The molecular formula is C26H30Cl2N4O5S. The number of carboxylic acid groups (broad SMARTS) is 1. The highest BCUT2D eigenvalue weighted by Gasteiger charge is 2.35. The van der Waals surface area contributed by atoms with E-state index in [0.29, 0.717) is 22.3 Å². The molecule has 0 unspecified atom stereocenters. The first-order valence-corrected chi connectivity index (χ1v) is 14.3. The fraction of sp³-hybridized carbons (Fsp3) is 0.385. The Balaban J connectivity index is 0.00000127. The van der Waals surface area contributed by atoms with E-state index >= 15 is 0 Å². The van der Waals surface area contributed by atoms with E-state index < -0.39 is 9.84 Å². The molecular weight excluding hydrogens is 551 g/mol. The van der Waals surface area contributed by atoms with Crippen LogP contribution >= 0.6 is 23.2 Å². The van der Waals surface area contributed by atoms with Gasteiger partial charge in [-0.1, -0.05) is 23.2 Å². The molecule has 0 spiro atoms. The molecule has 0 aliphatic heterocycles. The van der Waals surface area contributed by atoms with Crippen molar-refractivity contribution in [3.05, 3.63) is 75.9 Å². The summed E-state index contributed by atoms with van der Waals surface area (Å²) in [6, 6.07) is 10.5. The maximum atomic E-state index is 12.9. The number of aryl methyl sites for hydroxylation is 1. The predicted molar refractivity (Wildman–Crippen MR) is 146 cm³/mol. The molecule has 3 atom stereocenters. The SMILES string of the molecule is Cc1nc(O[C@H]2CC[C@H](c3cc(Cl)ccc3Cl)C[C@@H]2N(C)C)ccc1S(=O)(=O)Cc1ccncn1.O=CO. The molecule has 12 heteroatoms. The second-order valence-corrected chi connectivity index (χ2v) is 12.0. The molecule has 1 fully saturated rings. The van der Waals surface area contributed by atoms with E-state index in [0.717, 1.165) is 29.8 Å². The van der Waals surface area contributed by atoms with Gasteiger partial charge in [0.1, 0.15) is 12.4 Å². The van der Waals surface area contributed by atoms with Gasteiger partial charge in [-0.3, -0.25) is 4.79 Å². The lowest BCUT2D eigenvalue weighted by molar-refractivity contribution is -0.122. The number of halogens is 2. The van der Waals surface area contributed by atoms with E-state index in [1.807, 2.05) is 26.2 Å². The van der Waals surface area contributed by atoms with Gasteiger partial charge in [-0.2, -0.15) is 0 Å². The number of sulfone groups is 1. The molecule has 0 amide bonds. The first-order valence-electron chi connectivity index (χ1n) is 11.9. The molecule has 38 heavy (non-hydrogen) atoms. The first-order chi connectivity index (χ1) is 18.1. The van der Waals surface area contributed by atoms with Crippen LogP contribution in [0.5, 0.6) is 5.88 Å². The maximum Gasteiger partial charge on any atom is 0.290 e. The number of ether oxygens (including phenoxy) is 1. The minimum atomic E-state index is -3.60. The highest BCUT2D eigenvalue weighted by Crippen LogP contribution is 2.40. The van der Waals surface area contributed by atoms with Gasteiger partial charge in [0.25, 0.3) is 6.47 Å². The van der Waals surface area contributed by atoms with Crippen molar-refractivity contribution in [3.63, 3.8) is 0 Å². The maximum absolute atomic E-state index is 12.9. The van der Waals surface area contributed by atoms with Gasteiger partial charge >= 0.3 is 0 Å². The fourth-order valence-electron chi connectivity index (χ4n) is 4.66. The summed E-state index contributed by atoms with van der Waals surface area (Å²) >= 11 is 12.7. The number of aromatic nitrogens is 3. The minimum absolute atomic E-state index is 0.0883. The van der Waals surface area contributed by atoms with Crippen LogP contribution < -0.4 is 4.74 Å². The highest BCUT2D eigenvalue weighted by atomic mass is 35.5. The number of hydrogen-bond donors (Lipinski definition) is 1. The summed E-state index contributed by atoms with van der Waals surface area (Å²) < 4.78 is 32.1. The van der Waals surface area contributed by atoms with Crippen molar-refractivity contribution < 1.29 is 23.1 Å². The Morgan fingerprint density at radius 1 is 1.16 bits per heavy atom. The van der Waals surface area contributed by atoms with Crippen LogP contribution in [-0.2, 0) is 20.4 Å². The number of benzene rings is 1. The Labute approximate surface area is 232 Å². The molecule has 204 valence electrons. The van der Waals surface area contributed by atoms with E-state index in [1.54, 1.807) is 31.2 Å². The van der Waals surface area contributed by atoms with Crippen LogP contribution in [0.25, 0.3) is 0 Å². The number of pyridine rings is 1. The van der Waals surface area contributed by atoms with Gasteiger partial charge in [0.05, 0.1) is 22.0 Å². The fourth-order valence-corrected chi connectivity index (χ4v) is 6.60. The van der Waals surface area contributed by atoms with Crippen molar-refractivity contribution in [3.8, 4) is 5.88 Å². The molecule has 0 bridgehead atoms. The zero-order chi connectivity index (χ0) is 27.9. The first kappa shape index (κ1) is 29.8. The number of carbonyl (C=O) groups is 1. The Bertz CT molecular complexity index is 1340. The Morgan fingerprint density at radius 2 is 1.89 bits per heavy atom. The molecule has 2 heterocycles. The molecule has 1 saturated carbocycles. The zero-order valence-electron chi connectivity index (χ0n) is 21.3. The van der Waals surface area contributed by atoms with Gasteiger partial charge in [0, 0.05) is 28.4 Å². The zero-order valence-corrected chi connectivity index (χ0v) is 23.6. The lowest BCUT2D eigenvalue weighted by Crippen LogP contribution is -2.46. The summed E-state index contributed by atoms with van der Waals surface area (Å²) in [6.07, 6.45) is 5.35. The van der Waals surface area contributed by atoms with Crippen LogP contribution in [0.15, 0.2) is 53.8 Å². The van der Waals surface area contributed by atoms with Crippen molar-refractivity contribution in [1.29, 1.82) is 0 Å². The number of nitrogens with zero attached hydrogens (tertiary/aromatic N) is 4. The molecule has 1 N–H and O–H groups in total. The van der Waals surface area contributed by atoms with E-state index in [1.165, 1.54) is 12.5 Å². The van der Waals surface area contributed by atoms with Gasteiger partial charge < -0.3 is 14.7 Å². The van der Waals surface area contributed by atoms with E-state index in [9.17, 15) is 8.42 Å². The standard InChI is InChI=1S/C25H28Cl2N4O3S.CH2O2/c1-16-24(35(32,33)14-19-10-11-28-15-29-19)8-9-25(30-16)34-23-7-4-17(12-22(23)31(2)3)20-13-18(26)5-6-21(20)27;2-1-3/h5-6,8-11,13,15,17,22-23H,4,7,12,14H2,1-3H3;1H,(H,2,3)/t17-,22-,23-;/m0./s1. The molecule has 1 aliphatic carbocycles. The van der Waals surface area contributed by atoms with Crippen LogP contribution in [-0.4, -0.2) is 66.1 Å². The summed E-state index contributed by atoms with van der Waals surface area (Å²) in [5, 5.41) is 8.30. The minimum Gasteiger partial charge on any atom is -0.483 e. The van der Waals surface area contributed by atoms with Crippen LogP contribution in [0.3, 0.4) is 0 Å². The predicted octanol–water partition coefficient (Wildman–Crippen LogP) is 4.81. The normalized spacial score (nSPS) is 19.4. The lowest BCUT2D eigenvalue weighted by Gasteiger charge is -2.39. The van der Waals surface area contributed by atoms with Crippen molar-refractivity contribution in [1.82, 2.24) is 19.9 Å². The van der Waals surface area contributed by atoms with Crippen LogP contribution in [0.1, 0.15) is 42.1 Å². The van der Waals surface area contributed by atoms with E-state index in [4.69, 9.17) is 37.8 Å². The molecule has 4 rings (SSSR count). The third kappa shape index (κ3) is 7.63. The third-order valence-electron chi connectivity index (χ3n) is 6.42. The van der Waals surface area contributed by atoms with Crippen LogP contribution in [0.4, 0.5) is 0 Å². The molecule has 2 aromatic heterocycles. The Morgan fingerprint density at radius 3 is 2.53 bits per heavy atom. The van der Waals surface area contributed by atoms with Gasteiger partial charge in [-0.05, 0) is 82.1 Å². The summed E-state index contributed by atoms with van der Waals surface area (Å²) in [6.45, 7) is 1.43. The summed E-state index contributed by atoms with van der Waals surface area (Å²) in [4.78, 5) is 23.0. The van der Waals surface area contributed by atoms with E-state index in [2.05, 4.69) is 19.9 Å². The smallest absolute Gasteiger partial charge is 0.290 e. The van der Waals surface area contributed by atoms with Crippen molar-refractivity contribution in [2.24, 2.45) is 0 Å². The molecule has 0 radical (unpaired) electrons. The van der Waals surface area contributed by atoms with Crippen LogP contribution in [0, 0.1) is 6.92 Å². The summed E-state index contributed by atoms with van der Waals surface area (Å²) in [7, 11) is 0.461. The second kappa shape index (κ2) is 13.3. The van der Waals surface area contributed by atoms with Crippen molar-refractivity contribution in [2.75, 3.05) is 14.1 Å². The van der Waals surface area contributed by atoms with Gasteiger partial charge in [-0.25, -0.2) is 23.4 Å². The number of rotatable bonds is 7. The van der Waals surface area contributed by atoms with Gasteiger partial charge in [-0.15, -0.1) is 0 Å². The third-order valence-corrected chi connectivity index (χ3v) is 8.77. The topological polar surface area (TPSA) is 123 Å². The Kier molecular flexibility index (Phi) is 10.4. The van der Waals surface area contributed by atoms with Crippen LogP contribution in [0.2, 0.25) is 10.0 Å².